The highest BCUT2D eigenvalue weighted by molar-refractivity contribution is 5.86. The maximum Gasteiger partial charge on any atom is 0.315 e. The highest BCUT2D eigenvalue weighted by Crippen LogP contribution is 2.18. The first-order chi connectivity index (χ1) is 12.3. The summed E-state index contributed by atoms with van der Waals surface area (Å²) in [5.41, 5.74) is 1.12. The molecule has 1 aliphatic heterocycles. The number of ether oxygens (including phenoxy) is 2. The monoisotopic (exact) mass is 342 g/mol. The number of carbonyl (C=O) groups excluding carboxylic acids is 1. The summed E-state index contributed by atoms with van der Waals surface area (Å²) in [5, 5.41) is 8.17. The van der Waals surface area contributed by atoms with Crippen LogP contribution in [0.5, 0.6) is 0 Å². The summed E-state index contributed by atoms with van der Waals surface area (Å²) in [7, 11) is 0. The number of carbonyl (C=O) groups is 1. The minimum absolute atomic E-state index is 0.140. The topological polar surface area (TPSA) is 59.6 Å². The lowest BCUT2D eigenvalue weighted by atomic mass is 10.0. The van der Waals surface area contributed by atoms with Crippen molar-refractivity contribution < 1.29 is 14.3 Å². The van der Waals surface area contributed by atoms with Gasteiger partial charge in [0, 0.05) is 32.9 Å². The molecule has 0 atom stereocenters. The van der Waals surface area contributed by atoms with Crippen molar-refractivity contribution in [3.05, 3.63) is 48.0 Å². The normalized spacial score (nSPS) is 15.2. The molecule has 1 fully saturated rings. The molecule has 1 saturated heterocycles. The summed E-state index contributed by atoms with van der Waals surface area (Å²) in [5.74, 6) is 0. The van der Waals surface area contributed by atoms with Crippen LogP contribution in [0.15, 0.2) is 42.5 Å². The minimum atomic E-state index is -0.140. The predicted molar refractivity (Wildman–Crippen MR) is 98.6 cm³/mol. The third kappa shape index (κ3) is 5.44. The molecule has 1 aliphatic rings. The summed E-state index contributed by atoms with van der Waals surface area (Å²) in [6, 6.07) is 14.2. The number of amides is 2. The van der Waals surface area contributed by atoms with Crippen LogP contribution in [0, 0.1) is 0 Å². The van der Waals surface area contributed by atoms with Gasteiger partial charge in [-0.3, -0.25) is 0 Å². The van der Waals surface area contributed by atoms with E-state index in [1.807, 2.05) is 24.3 Å². The lowest BCUT2D eigenvalue weighted by Gasteiger charge is -2.22. The highest BCUT2D eigenvalue weighted by atomic mass is 16.5. The fourth-order valence-corrected chi connectivity index (χ4v) is 3.05. The molecule has 0 spiro atoms. The SMILES string of the molecule is O=C(NCCCOC1CCOCC1)NCc1cccc2ccccc12. The number of nitrogens with one attached hydrogen (secondary N) is 2. The molecule has 2 aromatic carbocycles. The van der Waals surface area contributed by atoms with Gasteiger partial charge >= 0.3 is 6.03 Å². The van der Waals surface area contributed by atoms with E-state index in [4.69, 9.17) is 9.47 Å². The van der Waals surface area contributed by atoms with Gasteiger partial charge in [0.15, 0.2) is 0 Å². The van der Waals surface area contributed by atoms with Crippen molar-refractivity contribution in [2.24, 2.45) is 0 Å². The smallest absolute Gasteiger partial charge is 0.315 e. The lowest BCUT2D eigenvalue weighted by Crippen LogP contribution is -2.36. The largest absolute Gasteiger partial charge is 0.381 e. The Balaban J connectivity index is 1.34. The Labute approximate surface area is 148 Å². The van der Waals surface area contributed by atoms with Gasteiger partial charge < -0.3 is 20.1 Å². The molecule has 5 heteroatoms. The van der Waals surface area contributed by atoms with Gasteiger partial charge in [-0.2, -0.15) is 0 Å². The van der Waals surface area contributed by atoms with Crippen molar-refractivity contribution in [1.29, 1.82) is 0 Å². The molecular weight excluding hydrogens is 316 g/mol. The molecule has 2 aromatic rings. The number of benzene rings is 2. The quantitative estimate of drug-likeness (QED) is 0.760. The average Bonchev–Trinajstić information content (AvgIpc) is 2.67. The summed E-state index contributed by atoms with van der Waals surface area (Å²) >= 11 is 0. The van der Waals surface area contributed by atoms with E-state index in [1.54, 1.807) is 0 Å². The second kappa shape index (κ2) is 9.39. The molecule has 5 nitrogen and oxygen atoms in total. The van der Waals surface area contributed by atoms with Gasteiger partial charge in [-0.05, 0) is 35.6 Å². The van der Waals surface area contributed by atoms with Crippen LogP contribution in [-0.2, 0) is 16.0 Å². The van der Waals surface area contributed by atoms with E-state index >= 15 is 0 Å². The maximum atomic E-state index is 11.9. The van der Waals surface area contributed by atoms with Gasteiger partial charge in [0.1, 0.15) is 0 Å². The zero-order valence-corrected chi connectivity index (χ0v) is 14.5. The van der Waals surface area contributed by atoms with Gasteiger partial charge in [-0.15, -0.1) is 0 Å². The van der Waals surface area contributed by atoms with Crippen LogP contribution in [-0.4, -0.2) is 38.5 Å². The van der Waals surface area contributed by atoms with E-state index in [2.05, 4.69) is 28.8 Å². The molecule has 0 aliphatic carbocycles. The van der Waals surface area contributed by atoms with Gasteiger partial charge in [0.05, 0.1) is 6.10 Å². The molecule has 0 saturated carbocycles. The fourth-order valence-electron chi connectivity index (χ4n) is 3.05. The van der Waals surface area contributed by atoms with Crippen molar-refractivity contribution in [3.63, 3.8) is 0 Å². The van der Waals surface area contributed by atoms with E-state index in [1.165, 1.54) is 10.8 Å². The molecule has 0 bridgehead atoms. The molecule has 1 heterocycles. The zero-order chi connectivity index (χ0) is 17.3. The highest BCUT2D eigenvalue weighted by Gasteiger charge is 2.13. The van der Waals surface area contributed by atoms with Gasteiger partial charge in [0.25, 0.3) is 0 Å². The van der Waals surface area contributed by atoms with Crippen molar-refractivity contribution >= 4 is 16.8 Å². The van der Waals surface area contributed by atoms with E-state index in [-0.39, 0.29) is 6.03 Å². The van der Waals surface area contributed by atoms with Crippen LogP contribution in [0.25, 0.3) is 10.8 Å². The number of rotatable bonds is 7. The van der Waals surface area contributed by atoms with Crippen molar-refractivity contribution in [3.8, 4) is 0 Å². The number of hydrogen-bond donors (Lipinski definition) is 2. The summed E-state index contributed by atoms with van der Waals surface area (Å²) < 4.78 is 11.1. The molecule has 0 unspecified atom stereocenters. The maximum absolute atomic E-state index is 11.9. The van der Waals surface area contributed by atoms with Crippen molar-refractivity contribution in [2.75, 3.05) is 26.4 Å². The van der Waals surface area contributed by atoms with Gasteiger partial charge in [-0.25, -0.2) is 4.79 Å². The molecule has 0 aromatic heterocycles. The first-order valence-corrected chi connectivity index (χ1v) is 9.00. The first kappa shape index (κ1) is 17.7. The van der Waals surface area contributed by atoms with E-state index < -0.39 is 0 Å². The molecule has 2 amide bonds. The van der Waals surface area contributed by atoms with E-state index in [0.717, 1.165) is 38.0 Å². The van der Waals surface area contributed by atoms with Gasteiger partial charge in [0.2, 0.25) is 0 Å². The summed E-state index contributed by atoms with van der Waals surface area (Å²) in [4.78, 5) is 11.9. The lowest BCUT2D eigenvalue weighted by molar-refractivity contribution is -0.0320. The molecule has 0 radical (unpaired) electrons. The number of urea groups is 1. The van der Waals surface area contributed by atoms with Crippen LogP contribution in [0.2, 0.25) is 0 Å². The molecule has 25 heavy (non-hydrogen) atoms. The average molecular weight is 342 g/mol. The van der Waals surface area contributed by atoms with Crippen LogP contribution in [0.4, 0.5) is 4.79 Å². The minimum Gasteiger partial charge on any atom is -0.381 e. The van der Waals surface area contributed by atoms with E-state index in [0.29, 0.717) is 25.8 Å². The fraction of sp³-hybridized carbons (Fsp3) is 0.450. The predicted octanol–water partition coefficient (Wildman–Crippen LogP) is 3.22. The standard InChI is InChI=1S/C20H26N2O3/c23-20(21-11-4-12-25-18-9-13-24-14-10-18)22-15-17-7-3-6-16-5-1-2-8-19(16)17/h1-3,5-8,18H,4,9-15H2,(H2,21,22,23). The van der Waals surface area contributed by atoms with Crippen molar-refractivity contribution in [2.45, 2.75) is 31.9 Å². The van der Waals surface area contributed by atoms with Crippen LogP contribution < -0.4 is 10.6 Å². The first-order valence-electron chi connectivity index (χ1n) is 9.00. The molecule has 2 N–H and O–H groups in total. The van der Waals surface area contributed by atoms with Crippen LogP contribution in [0.1, 0.15) is 24.8 Å². The molecule has 134 valence electrons. The Morgan fingerprint density at radius 2 is 1.88 bits per heavy atom. The Morgan fingerprint density at radius 3 is 2.76 bits per heavy atom. The third-order valence-corrected chi connectivity index (χ3v) is 4.45. The Morgan fingerprint density at radius 1 is 1.08 bits per heavy atom. The molecule has 3 rings (SSSR count). The van der Waals surface area contributed by atoms with E-state index in [9.17, 15) is 4.79 Å². The third-order valence-electron chi connectivity index (χ3n) is 4.45. The van der Waals surface area contributed by atoms with Crippen molar-refractivity contribution in [1.82, 2.24) is 10.6 Å². The Kier molecular flexibility index (Phi) is 6.65. The summed E-state index contributed by atoms with van der Waals surface area (Å²) in [6.07, 6.45) is 3.07. The Bertz CT molecular complexity index is 678. The van der Waals surface area contributed by atoms with Gasteiger partial charge in [-0.1, -0.05) is 42.5 Å². The number of fused-ring (bicyclic) bond motifs is 1. The second-order valence-corrected chi connectivity index (χ2v) is 6.28. The number of hydrogen-bond acceptors (Lipinski definition) is 3. The Hall–Kier alpha value is -2.11. The zero-order valence-electron chi connectivity index (χ0n) is 14.5. The second-order valence-electron chi connectivity index (χ2n) is 6.28. The van der Waals surface area contributed by atoms with Crippen LogP contribution in [0.3, 0.4) is 0 Å². The summed E-state index contributed by atoms with van der Waals surface area (Å²) in [6.45, 7) is 3.39. The molecular formula is C20H26N2O3. The van der Waals surface area contributed by atoms with Crippen LogP contribution >= 0.6 is 0 Å².